The summed E-state index contributed by atoms with van der Waals surface area (Å²) in [6.45, 7) is 47.7. The first kappa shape index (κ1) is 55.5. The van der Waals surface area contributed by atoms with Gasteiger partial charge in [-0.2, -0.15) is 0 Å². The van der Waals surface area contributed by atoms with Crippen molar-refractivity contribution in [1.82, 2.24) is 0 Å². The molecule has 0 amide bonds. The minimum absolute atomic E-state index is 0.000762. The Kier molecular flexibility index (Phi) is 12.5. The first-order valence-electron chi connectivity index (χ1n) is 30.4. The molecule has 7 aromatic carbocycles. The van der Waals surface area contributed by atoms with Crippen LogP contribution in [0.4, 0.5) is 34.1 Å². The van der Waals surface area contributed by atoms with E-state index in [1.807, 2.05) is 11.3 Å². The molecular formula is C76H89BN2OS. The molecule has 12 rings (SSSR count). The van der Waals surface area contributed by atoms with Gasteiger partial charge in [-0.1, -0.05) is 211 Å². The molecule has 0 saturated carbocycles. The van der Waals surface area contributed by atoms with Gasteiger partial charge < -0.3 is 14.5 Å². The number of anilines is 6. The maximum absolute atomic E-state index is 7.89. The third-order valence-electron chi connectivity index (χ3n) is 19.7. The van der Waals surface area contributed by atoms with Crippen molar-refractivity contribution >= 4 is 78.0 Å². The zero-order chi connectivity index (χ0) is 58.1. The first-order chi connectivity index (χ1) is 37.6. The predicted molar refractivity (Wildman–Crippen MR) is 353 cm³/mol. The highest BCUT2D eigenvalue weighted by molar-refractivity contribution is 7.33. The van der Waals surface area contributed by atoms with E-state index in [0.717, 1.165) is 59.2 Å². The minimum atomic E-state index is -0.137. The van der Waals surface area contributed by atoms with Crippen molar-refractivity contribution in [3.05, 3.63) is 172 Å². The molecular weight excluding hydrogens is 1000 g/mol. The van der Waals surface area contributed by atoms with Gasteiger partial charge in [-0.15, -0.1) is 11.3 Å². The normalized spacial score (nSPS) is 17.6. The highest BCUT2D eigenvalue weighted by Gasteiger charge is 2.47. The molecule has 0 fully saturated rings. The molecule has 0 atom stereocenters. The second kappa shape index (κ2) is 18.2. The van der Waals surface area contributed by atoms with Gasteiger partial charge in [-0.05, 0) is 179 Å². The number of thiophene rings is 1. The van der Waals surface area contributed by atoms with E-state index in [1.165, 1.54) is 93.5 Å². The standard InChI is InChI=1S/C76H89BN2OS/c1-69(2,3)47-26-29-50(30-27-47)79-61-34-28-48(70(4,5)6)41-59(61)77-66-62(79)44-52(45-63(66)80-67-65-58(72(10,11)12)40-49(71(7,8)9)42-64(65)81-68(67)77)78(51-31-33-55-57(43-51)76(19,20)38-36-74(55,15)16)60-24-22-21-23-53(60)46-25-32-54-56(39-46)75(17,18)37-35-73(54,13)14/h21-34,39-45H,35-38H2,1-20H3. The highest BCUT2D eigenvalue weighted by Crippen LogP contribution is 2.54. The fraction of sp³-hybridized carbons (Fsp3) is 0.421. The summed E-state index contributed by atoms with van der Waals surface area (Å²) in [7, 11) is 0. The summed E-state index contributed by atoms with van der Waals surface area (Å²) < 4.78 is 10.5. The van der Waals surface area contributed by atoms with Crippen molar-refractivity contribution in [2.45, 2.75) is 207 Å². The zero-order valence-corrected chi connectivity index (χ0v) is 53.6. The molecule has 8 aromatic rings. The minimum Gasteiger partial charge on any atom is -0.457 e. The number of hydrogen-bond acceptors (Lipinski definition) is 4. The number of para-hydroxylation sites is 1. The molecule has 81 heavy (non-hydrogen) atoms. The Hall–Kier alpha value is -6.04. The molecule has 5 heteroatoms. The summed E-state index contributed by atoms with van der Waals surface area (Å²) in [5.41, 5.74) is 23.1. The van der Waals surface area contributed by atoms with E-state index in [2.05, 4.69) is 276 Å². The van der Waals surface area contributed by atoms with Crippen molar-refractivity contribution in [2.75, 3.05) is 9.80 Å². The summed E-state index contributed by atoms with van der Waals surface area (Å²) in [5, 5.41) is 1.25. The Morgan fingerprint density at radius 2 is 1.06 bits per heavy atom. The lowest BCUT2D eigenvalue weighted by Crippen LogP contribution is -2.58. The lowest BCUT2D eigenvalue weighted by atomic mass is 9.36. The average Bonchev–Trinajstić information content (AvgIpc) is 3.69. The van der Waals surface area contributed by atoms with Gasteiger partial charge in [-0.25, -0.2) is 0 Å². The first-order valence-corrected chi connectivity index (χ1v) is 31.2. The molecule has 4 aliphatic rings. The molecule has 3 nitrogen and oxygen atoms in total. The van der Waals surface area contributed by atoms with Crippen molar-refractivity contribution in [2.24, 2.45) is 0 Å². The maximum atomic E-state index is 7.89. The van der Waals surface area contributed by atoms with Crippen LogP contribution in [0.1, 0.15) is 209 Å². The summed E-state index contributed by atoms with van der Waals surface area (Å²) in [4.78, 5) is 5.16. The van der Waals surface area contributed by atoms with Gasteiger partial charge in [0.15, 0.2) is 0 Å². The molecule has 1 aromatic heterocycles. The van der Waals surface area contributed by atoms with Crippen LogP contribution in [0.2, 0.25) is 0 Å². The van der Waals surface area contributed by atoms with E-state index in [-0.39, 0.29) is 50.0 Å². The number of rotatable bonds is 5. The molecule has 3 heterocycles. The smallest absolute Gasteiger partial charge is 0.268 e. The molecule has 418 valence electrons. The summed E-state index contributed by atoms with van der Waals surface area (Å²) in [5.74, 6) is 1.93. The maximum Gasteiger partial charge on any atom is 0.268 e. The van der Waals surface area contributed by atoms with E-state index in [4.69, 9.17) is 4.74 Å². The lowest BCUT2D eigenvalue weighted by molar-refractivity contribution is 0.332. The van der Waals surface area contributed by atoms with Gasteiger partial charge in [0, 0.05) is 49.2 Å². The molecule has 2 aliphatic heterocycles. The molecule has 0 spiro atoms. The van der Waals surface area contributed by atoms with Gasteiger partial charge in [0.2, 0.25) is 0 Å². The van der Waals surface area contributed by atoms with Gasteiger partial charge in [0.1, 0.15) is 11.5 Å². The van der Waals surface area contributed by atoms with Crippen molar-refractivity contribution < 1.29 is 4.74 Å². The lowest BCUT2D eigenvalue weighted by Gasteiger charge is -2.43. The summed E-state index contributed by atoms with van der Waals surface area (Å²) >= 11 is 1.95. The second-order valence-corrected chi connectivity index (χ2v) is 32.7. The van der Waals surface area contributed by atoms with Gasteiger partial charge in [-0.3, -0.25) is 0 Å². The van der Waals surface area contributed by atoms with Crippen LogP contribution in [0.3, 0.4) is 0 Å². The number of hydrogen-bond donors (Lipinski definition) is 0. The SMILES string of the molecule is CC(C)(C)c1ccc(N2c3ccc(C(C)(C)C)cc3B3c4sc5cc(C(C)(C)C)cc(C(C)(C)C)c5c4Oc4cc(N(c5ccc6c(c5)C(C)(C)CCC6(C)C)c5ccccc5-c5ccc6c(c5)C(C)(C)CCC6(C)C)cc2c43)cc1. The van der Waals surface area contributed by atoms with E-state index in [1.54, 1.807) is 0 Å². The Morgan fingerprint density at radius 3 is 1.67 bits per heavy atom. The molecule has 0 bridgehead atoms. The molecule has 2 aliphatic carbocycles. The van der Waals surface area contributed by atoms with Gasteiger partial charge >= 0.3 is 0 Å². The van der Waals surface area contributed by atoms with E-state index in [0.29, 0.717) is 0 Å². The Labute approximate surface area is 491 Å². The van der Waals surface area contributed by atoms with Crippen LogP contribution < -0.4 is 30.2 Å². The Bertz CT molecular complexity index is 3850. The van der Waals surface area contributed by atoms with Crippen molar-refractivity contribution in [3.8, 4) is 22.6 Å². The number of benzene rings is 7. The highest BCUT2D eigenvalue weighted by atomic mass is 32.1. The zero-order valence-electron chi connectivity index (χ0n) is 52.7. The van der Waals surface area contributed by atoms with E-state index in [9.17, 15) is 0 Å². The predicted octanol–water partition coefficient (Wildman–Crippen LogP) is 20.3. The van der Waals surface area contributed by atoms with E-state index < -0.39 is 0 Å². The molecule has 0 radical (unpaired) electrons. The topological polar surface area (TPSA) is 15.7 Å². The van der Waals surface area contributed by atoms with Crippen molar-refractivity contribution in [3.63, 3.8) is 0 Å². The van der Waals surface area contributed by atoms with Crippen molar-refractivity contribution in [1.29, 1.82) is 0 Å². The number of nitrogens with zero attached hydrogens (tertiary/aromatic N) is 2. The molecule has 0 unspecified atom stereocenters. The van der Waals surface area contributed by atoms with Gasteiger partial charge in [0.05, 0.1) is 11.4 Å². The fourth-order valence-corrected chi connectivity index (χ4v) is 15.5. The largest absolute Gasteiger partial charge is 0.457 e. The third kappa shape index (κ3) is 9.21. The molecule has 0 N–H and O–H groups in total. The van der Waals surface area contributed by atoms with Crippen LogP contribution in [0, 0.1) is 0 Å². The quantitative estimate of drug-likeness (QED) is 0.160. The van der Waals surface area contributed by atoms with Crippen LogP contribution in [-0.2, 0) is 43.3 Å². The third-order valence-corrected chi connectivity index (χ3v) is 20.8. The van der Waals surface area contributed by atoms with Crippen LogP contribution in [0.15, 0.2) is 127 Å². The van der Waals surface area contributed by atoms with Crippen LogP contribution in [-0.4, -0.2) is 6.71 Å². The monoisotopic (exact) mass is 1090 g/mol. The Morgan fingerprint density at radius 1 is 0.494 bits per heavy atom. The number of fused-ring (bicyclic) bond motifs is 8. The van der Waals surface area contributed by atoms with Crippen LogP contribution >= 0.6 is 11.3 Å². The van der Waals surface area contributed by atoms with Crippen LogP contribution in [0.25, 0.3) is 21.2 Å². The summed E-state index contributed by atoms with van der Waals surface area (Å²) in [6, 6.07) is 50.8. The molecule has 0 saturated heterocycles. The van der Waals surface area contributed by atoms with Gasteiger partial charge in [0.25, 0.3) is 6.71 Å². The fourth-order valence-electron chi connectivity index (χ4n) is 14.1. The summed E-state index contributed by atoms with van der Waals surface area (Å²) in [6.07, 6.45) is 4.65. The average molecular weight is 1090 g/mol. The van der Waals surface area contributed by atoms with Crippen LogP contribution in [0.5, 0.6) is 11.5 Å². The second-order valence-electron chi connectivity index (χ2n) is 31.6. The Balaban J connectivity index is 1.19. The van der Waals surface area contributed by atoms with E-state index >= 15 is 0 Å². The number of ether oxygens (including phenoxy) is 1.